The summed E-state index contributed by atoms with van der Waals surface area (Å²) in [4.78, 5) is 26.5. The van der Waals surface area contributed by atoms with Crippen molar-refractivity contribution in [3.05, 3.63) is 0 Å². The predicted molar refractivity (Wildman–Crippen MR) is 83.0 cm³/mol. The maximum Gasteiger partial charge on any atom is 0.408 e. The predicted octanol–water partition coefficient (Wildman–Crippen LogP) is 2.94. The second kappa shape index (κ2) is 7.66. The molecule has 1 N–H and O–H groups in total. The molecule has 1 unspecified atom stereocenters. The van der Waals surface area contributed by atoms with Crippen molar-refractivity contribution < 1.29 is 14.3 Å². The lowest BCUT2D eigenvalue weighted by Gasteiger charge is -2.33. The van der Waals surface area contributed by atoms with Crippen molar-refractivity contribution in [1.29, 1.82) is 0 Å². The van der Waals surface area contributed by atoms with Crippen LogP contribution >= 0.6 is 0 Å². The molecule has 0 saturated carbocycles. The average molecular weight is 298 g/mol. The van der Waals surface area contributed by atoms with Gasteiger partial charge >= 0.3 is 6.09 Å². The quantitative estimate of drug-likeness (QED) is 0.868. The van der Waals surface area contributed by atoms with Crippen LogP contribution in [0.15, 0.2) is 0 Å². The molecule has 1 rings (SSSR count). The van der Waals surface area contributed by atoms with Gasteiger partial charge in [-0.3, -0.25) is 4.79 Å². The molecule has 2 amide bonds. The summed E-state index contributed by atoms with van der Waals surface area (Å²) in [6.45, 7) is 11.1. The number of hydrogen-bond donors (Lipinski definition) is 1. The molecular weight excluding hydrogens is 268 g/mol. The van der Waals surface area contributed by atoms with E-state index in [1.165, 1.54) is 6.42 Å². The molecule has 1 aliphatic heterocycles. The summed E-state index contributed by atoms with van der Waals surface area (Å²) in [5.74, 6) is 0.113. The van der Waals surface area contributed by atoms with E-state index in [0.29, 0.717) is 0 Å². The highest BCUT2D eigenvalue weighted by molar-refractivity contribution is 5.86. The standard InChI is InChI=1S/C16H30N2O3/c1-6-12(2)13(17-15(20)21-16(3,4)5)14(19)18-10-8-7-9-11-18/h12-13H,6-11H2,1-5H3,(H,17,20)/t12?,13-/m0/s1. The number of rotatable bonds is 4. The molecule has 0 aromatic rings. The van der Waals surface area contributed by atoms with Crippen LogP contribution in [0.1, 0.15) is 60.3 Å². The van der Waals surface area contributed by atoms with Crippen LogP contribution < -0.4 is 5.32 Å². The highest BCUT2D eigenvalue weighted by Crippen LogP contribution is 2.16. The lowest BCUT2D eigenvalue weighted by molar-refractivity contribution is -0.135. The summed E-state index contributed by atoms with van der Waals surface area (Å²) in [5.41, 5.74) is -0.557. The van der Waals surface area contributed by atoms with E-state index in [9.17, 15) is 9.59 Å². The van der Waals surface area contributed by atoms with Gasteiger partial charge in [0, 0.05) is 13.1 Å². The van der Waals surface area contributed by atoms with Crippen LogP contribution in [0.4, 0.5) is 4.79 Å². The van der Waals surface area contributed by atoms with Gasteiger partial charge < -0.3 is 15.0 Å². The number of likely N-dealkylation sites (tertiary alicyclic amines) is 1. The summed E-state index contributed by atoms with van der Waals surface area (Å²) >= 11 is 0. The van der Waals surface area contributed by atoms with Crippen LogP contribution in [0.2, 0.25) is 0 Å². The fourth-order valence-corrected chi connectivity index (χ4v) is 2.43. The molecule has 1 heterocycles. The van der Waals surface area contributed by atoms with Gasteiger partial charge in [-0.05, 0) is 46.0 Å². The number of nitrogens with zero attached hydrogens (tertiary/aromatic N) is 1. The third-order valence-corrected chi connectivity index (χ3v) is 3.82. The number of amides is 2. The highest BCUT2D eigenvalue weighted by atomic mass is 16.6. The van der Waals surface area contributed by atoms with Crippen LogP contribution in [-0.2, 0) is 9.53 Å². The van der Waals surface area contributed by atoms with Gasteiger partial charge in [-0.25, -0.2) is 4.79 Å². The summed E-state index contributed by atoms with van der Waals surface area (Å²) in [6.07, 6.45) is 3.59. The van der Waals surface area contributed by atoms with Crippen LogP contribution in [-0.4, -0.2) is 41.6 Å². The van der Waals surface area contributed by atoms with Gasteiger partial charge in [0.25, 0.3) is 0 Å². The van der Waals surface area contributed by atoms with E-state index in [1.54, 1.807) is 0 Å². The van der Waals surface area contributed by atoms with Gasteiger partial charge in [-0.1, -0.05) is 20.3 Å². The molecule has 1 aliphatic rings. The third kappa shape index (κ3) is 5.94. The normalized spacial score (nSPS) is 18.8. The van der Waals surface area contributed by atoms with Gasteiger partial charge in [0.05, 0.1) is 0 Å². The number of carbonyl (C=O) groups excluding carboxylic acids is 2. The summed E-state index contributed by atoms with van der Waals surface area (Å²) < 4.78 is 5.28. The first-order valence-electron chi connectivity index (χ1n) is 8.03. The smallest absolute Gasteiger partial charge is 0.408 e. The molecule has 0 spiro atoms. The highest BCUT2D eigenvalue weighted by Gasteiger charge is 2.31. The monoisotopic (exact) mass is 298 g/mol. The van der Waals surface area contributed by atoms with Crippen LogP contribution in [0.25, 0.3) is 0 Å². The zero-order valence-corrected chi connectivity index (χ0v) is 14.1. The molecule has 0 aromatic heterocycles. The number of hydrogen-bond acceptors (Lipinski definition) is 3. The van der Waals surface area contributed by atoms with E-state index in [4.69, 9.17) is 4.74 Å². The van der Waals surface area contributed by atoms with Gasteiger partial charge in [0.2, 0.25) is 5.91 Å². The fraction of sp³-hybridized carbons (Fsp3) is 0.875. The van der Waals surface area contributed by atoms with Crippen LogP contribution in [0.5, 0.6) is 0 Å². The topological polar surface area (TPSA) is 58.6 Å². The molecule has 21 heavy (non-hydrogen) atoms. The van der Waals surface area contributed by atoms with Gasteiger partial charge in [-0.15, -0.1) is 0 Å². The minimum Gasteiger partial charge on any atom is -0.444 e. The molecule has 122 valence electrons. The zero-order chi connectivity index (χ0) is 16.0. The van der Waals surface area contributed by atoms with Crippen molar-refractivity contribution in [3.63, 3.8) is 0 Å². The SMILES string of the molecule is CCC(C)[C@H](NC(=O)OC(C)(C)C)C(=O)N1CCCCC1. The van der Waals surface area contributed by atoms with Crippen molar-refractivity contribution in [2.75, 3.05) is 13.1 Å². The minimum atomic E-state index is -0.557. The van der Waals surface area contributed by atoms with E-state index in [2.05, 4.69) is 5.32 Å². The minimum absolute atomic E-state index is 0.0231. The third-order valence-electron chi connectivity index (χ3n) is 3.82. The molecule has 0 aliphatic carbocycles. The molecule has 5 nitrogen and oxygen atoms in total. The first-order chi connectivity index (χ1) is 9.74. The first-order valence-corrected chi connectivity index (χ1v) is 8.03. The van der Waals surface area contributed by atoms with E-state index >= 15 is 0 Å². The Hall–Kier alpha value is -1.26. The second-order valence-corrected chi connectivity index (χ2v) is 6.90. The van der Waals surface area contributed by atoms with Crippen LogP contribution in [0.3, 0.4) is 0 Å². The Bertz CT molecular complexity index is 357. The zero-order valence-electron chi connectivity index (χ0n) is 14.1. The van der Waals surface area contributed by atoms with Crippen molar-refractivity contribution in [2.45, 2.75) is 71.9 Å². The number of nitrogens with one attached hydrogen (secondary N) is 1. The molecule has 0 aromatic carbocycles. The average Bonchev–Trinajstić information content (AvgIpc) is 2.42. The number of carbonyl (C=O) groups is 2. The largest absolute Gasteiger partial charge is 0.444 e. The first kappa shape index (κ1) is 17.8. The Balaban J connectivity index is 2.70. The van der Waals surface area contributed by atoms with E-state index < -0.39 is 17.7 Å². The molecule has 1 saturated heterocycles. The molecule has 1 fully saturated rings. The van der Waals surface area contributed by atoms with E-state index in [-0.39, 0.29) is 11.8 Å². The second-order valence-electron chi connectivity index (χ2n) is 6.90. The molecular formula is C16H30N2O3. The molecule has 5 heteroatoms. The fourth-order valence-electron chi connectivity index (χ4n) is 2.43. The van der Waals surface area contributed by atoms with Crippen molar-refractivity contribution in [1.82, 2.24) is 10.2 Å². The van der Waals surface area contributed by atoms with E-state index in [1.807, 2.05) is 39.5 Å². The number of piperidine rings is 1. The Morgan fingerprint density at radius 1 is 1.19 bits per heavy atom. The number of ether oxygens (including phenoxy) is 1. The Labute approximate surface area is 128 Å². The van der Waals surface area contributed by atoms with Gasteiger partial charge in [0.15, 0.2) is 0 Å². The summed E-state index contributed by atoms with van der Waals surface area (Å²) in [5, 5.41) is 2.77. The summed E-state index contributed by atoms with van der Waals surface area (Å²) in [7, 11) is 0. The molecule has 0 radical (unpaired) electrons. The number of alkyl carbamates (subject to hydrolysis) is 1. The van der Waals surface area contributed by atoms with E-state index in [0.717, 1.165) is 32.4 Å². The maximum absolute atomic E-state index is 12.7. The van der Waals surface area contributed by atoms with Crippen molar-refractivity contribution in [2.24, 2.45) is 5.92 Å². The van der Waals surface area contributed by atoms with Crippen LogP contribution in [0, 0.1) is 5.92 Å². The lowest BCUT2D eigenvalue weighted by Crippen LogP contribution is -2.53. The molecule has 0 bridgehead atoms. The maximum atomic E-state index is 12.7. The Kier molecular flexibility index (Phi) is 6.49. The van der Waals surface area contributed by atoms with Gasteiger partial charge in [-0.2, -0.15) is 0 Å². The summed E-state index contributed by atoms with van der Waals surface area (Å²) in [6, 6.07) is -0.497. The van der Waals surface area contributed by atoms with Crippen molar-refractivity contribution >= 4 is 12.0 Å². The lowest BCUT2D eigenvalue weighted by atomic mass is 9.97. The Morgan fingerprint density at radius 3 is 2.24 bits per heavy atom. The van der Waals surface area contributed by atoms with Crippen molar-refractivity contribution in [3.8, 4) is 0 Å². The Morgan fingerprint density at radius 2 is 1.76 bits per heavy atom. The molecule has 2 atom stereocenters. The van der Waals surface area contributed by atoms with Gasteiger partial charge in [0.1, 0.15) is 11.6 Å².